The fourth-order valence-corrected chi connectivity index (χ4v) is 2.10. The molecule has 0 aliphatic carbocycles. The van der Waals surface area contributed by atoms with E-state index in [1.807, 2.05) is 4.90 Å². The molecule has 0 amide bonds. The van der Waals surface area contributed by atoms with Crippen molar-refractivity contribution in [3.05, 3.63) is 28.1 Å². The molecular weight excluding hydrogens is 225 g/mol. The largest absolute Gasteiger partial charge is 0.393 e. The molecular formula is C11H14FN3O2. The Kier molecular flexibility index (Phi) is 3.12. The highest BCUT2D eigenvalue weighted by Crippen LogP contribution is 2.31. The van der Waals surface area contributed by atoms with Crippen molar-refractivity contribution in [3.8, 4) is 0 Å². The van der Waals surface area contributed by atoms with Gasteiger partial charge in [0.25, 0.3) is 5.69 Å². The predicted molar refractivity (Wildman–Crippen MR) is 63.5 cm³/mol. The lowest BCUT2D eigenvalue weighted by Crippen LogP contribution is -2.30. The van der Waals surface area contributed by atoms with Gasteiger partial charge in [-0.15, -0.1) is 0 Å². The van der Waals surface area contributed by atoms with E-state index in [2.05, 4.69) is 0 Å². The Morgan fingerprint density at radius 1 is 1.29 bits per heavy atom. The SMILES string of the molecule is Nc1cc(N2CCCCC2)c(F)cc1[N+](=O)[O-]. The van der Waals surface area contributed by atoms with E-state index in [0.29, 0.717) is 5.69 Å². The zero-order valence-corrected chi connectivity index (χ0v) is 9.36. The molecule has 2 rings (SSSR count). The van der Waals surface area contributed by atoms with Crippen LogP contribution in [0.2, 0.25) is 0 Å². The van der Waals surface area contributed by atoms with Crippen LogP contribution in [0.25, 0.3) is 0 Å². The second-order valence-corrected chi connectivity index (χ2v) is 4.17. The van der Waals surface area contributed by atoms with Gasteiger partial charge in [-0.3, -0.25) is 10.1 Å². The lowest BCUT2D eigenvalue weighted by atomic mass is 10.1. The number of rotatable bonds is 2. The van der Waals surface area contributed by atoms with Gasteiger partial charge >= 0.3 is 0 Å². The first kappa shape index (κ1) is 11.6. The molecule has 0 atom stereocenters. The van der Waals surface area contributed by atoms with Gasteiger partial charge in [0, 0.05) is 13.1 Å². The first-order chi connectivity index (χ1) is 8.09. The van der Waals surface area contributed by atoms with Crippen LogP contribution in [0, 0.1) is 15.9 Å². The Labute approximate surface area is 98.2 Å². The van der Waals surface area contributed by atoms with Crippen molar-refractivity contribution in [2.75, 3.05) is 23.7 Å². The third-order valence-electron chi connectivity index (χ3n) is 2.99. The molecule has 1 aliphatic heterocycles. The van der Waals surface area contributed by atoms with Crippen LogP contribution in [0.5, 0.6) is 0 Å². The van der Waals surface area contributed by atoms with Crippen molar-refractivity contribution in [2.45, 2.75) is 19.3 Å². The second-order valence-electron chi connectivity index (χ2n) is 4.17. The Morgan fingerprint density at radius 3 is 2.53 bits per heavy atom. The van der Waals surface area contributed by atoms with Gasteiger partial charge < -0.3 is 10.6 Å². The van der Waals surface area contributed by atoms with E-state index in [1.165, 1.54) is 6.07 Å². The van der Waals surface area contributed by atoms with Crippen molar-refractivity contribution in [1.29, 1.82) is 0 Å². The van der Waals surface area contributed by atoms with Gasteiger partial charge in [-0.05, 0) is 25.3 Å². The van der Waals surface area contributed by atoms with Crippen LogP contribution in [-0.4, -0.2) is 18.0 Å². The summed E-state index contributed by atoms with van der Waals surface area (Å²) in [5.74, 6) is -0.576. The van der Waals surface area contributed by atoms with Crippen molar-refractivity contribution in [2.24, 2.45) is 0 Å². The maximum atomic E-state index is 13.8. The molecule has 0 radical (unpaired) electrons. The summed E-state index contributed by atoms with van der Waals surface area (Å²) in [6, 6.07) is 2.26. The molecule has 0 aromatic heterocycles. The van der Waals surface area contributed by atoms with Crippen LogP contribution in [-0.2, 0) is 0 Å². The topological polar surface area (TPSA) is 72.4 Å². The van der Waals surface area contributed by atoms with Gasteiger partial charge in [0.1, 0.15) is 5.69 Å². The fraction of sp³-hybridized carbons (Fsp3) is 0.455. The van der Waals surface area contributed by atoms with E-state index < -0.39 is 10.7 Å². The standard InChI is InChI=1S/C11H14FN3O2/c12-8-6-11(15(16)17)9(13)7-10(8)14-4-2-1-3-5-14/h6-7H,1-5,13H2. The number of nitrogens with zero attached hydrogens (tertiary/aromatic N) is 2. The smallest absolute Gasteiger partial charge is 0.295 e. The summed E-state index contributed by atoms with van der Waals surface area (Å²) in [7, 11) is 0. The Hall–Kier alpha value is -1.85. The normalized spacial score (nSPS) is 15.9. The fourth-order valence-electron chi connectivity index (χ4n) is 2.10. The zero-order valence-electron chi connectivity index (χ0n) is 9.36. The minimum atomic E-state index is -0.668. The molecule has 17 heavy (non-hydrogen) atoms. The molecule has 0 spiro atoms. The molecule has 1 aromatic rings. The number of anilines is 2. The van der Waals surface area contributed by atoms with Gasteiger partial charge in [-0.1, -0.05) is 0 Å². The van der Waals surface area contributed by atoms with E-state index >= 15 is 0 Å². The molecule has 0 saturated carbocycles. The van der Waals surface area contributed by atoms with Gasteiger partial charge in [-0.25, -0.2) is 4.39 Å². The molecule has 1 saturated heterocycles. The van der Waals surface area contributed by atoms with Crippen LogP contribution in [0.15, 0.2) is 12.1 Å². The number of nitrogen functional groups attached to an aromatic ring is 1. The van der Waals surface area contributed by atoms with E-state index in [9.17, 15) is 14.5 Å². The molecule has 0 unspecified atom stereocenters. The van der Waals surface area contributed by atoms with E-state index in [1.54, 1.807) is 0 Å². The van der Waals surface area contributed by atoms with Gasteiger partial charge in [0.05, 0.1) is 16.7 Å². The summed E-state index contributed by atoms with van der Waals surface area (Å²) in [6.45, 7) is 1.54. The Morgan fingerprint density at radius 2 is 1.94 bits per heavy atom. The molecule has 6 heteroatoms. The Balaban J connectivity index is 2.35. The summed E-state index contributed by atoms with van der Waals surface area (Å²) in [4.78, 5) is 11.8. The zero-order chi connectivity index (χ0) is 12.4. The number of piperidine rings is 1. The first-order valence-electron chi connectivity index (χ1n) is 5.58. The van der Waals surface area contributed by atoms with Crippen LogP contribution < -0.4 is 10.6 Å². The first-order valence-corrected chi connectivity index (χ1v) is 5.58. The molecule has 1 aliphatic rings. The maximum absolute atomic E-state index is 13.8. The third-order valence-corrected chi connectivity index (χ3v) is 2.99. The van der Waals surface area contributed by atoms with Gasteiger partial charge in [0.15, 0.2) is 5.82 Å². The highest BCUT2D eigenvalue weighted by Gasteiger charge is 2.20. The molecule has 1 heterocycles. The highest BCUT2D eigenvalue weighted by molar-refractivity contribution is 5.67. The van der Waals surface area contributed by atoms with Crippen molar-refractivity contribution in [3.63, 3.8) is 0 Å². The summed E-state index contributed by atoms with van der Waals surface area (Å²) in [6.07, 6.45) is 3.16. The average Bonchev–Trinajstić information content (AvgIpc) is 2.32. The quantitative estimate of drug-likeness (QED) is 0.488. The molecule has 5 nitrogen and oxygen atoms in total. The highest BCUT2D eigenvalue weighted by atomic mass is 19.1. The number of nitro benzene ring substituents is 1. The molecule has 0 bridgehead atoms. The summed E-state index contributed by atoms with van der Waals surface area (Å²) < 4.78 is 13.8. The molecule has 2 N–H and O–H groups in total. The number of nitro groups is 1. The molecule has 1 fully saturated rings. The summed E-state index contributed by atoms with van der Waals surface area (Å²) in [5.41, 5.74) is 5.57. The van der Waals surface area contributed by atoms with Crippen molar-refractivity contribution in [1.82, 2.24) is 0 Å². The van der Waals surface area contributed by atoms with Crippen LogP contribution in [0.4, 0.5) is 21.5 Å². The minimum Gasteiger partial charge on any atom is -0.393 e. The maximum Gasteiger partial charge on any atom is 0.295 e. The molecule has 92 valence electrons. The van der Waals surface area contributed by atoms with Crippen molar-refractivity contribution < 1.29 is 9.31 Å². The Bertz CT molecular complexity index is 445. The summed E-state index contributed by atoms with van der Waals surface area (Å²) >= 11 is 0. The average molecular weight is 239 g/mol. The van der Waals surface area contributed by atoms with Crippen molar-refractivity contribution >= 4 is 17.1 Å². The van der Waals surface area contributed by atoms with Crippen LogP contribution in [0.3, 0.4) is 0 Å². The van der Waals surface area contributed by atoms with E-state index in [-0.39, 0.29) is 11.4 Å². The third kappa shape index (κ3) is 2.30. The second kappa shape index (κ2) is 4.57. The minimum absolute atomic E-state index is 0.0111. The summed E-state index contributed by atoms with van der Waals surface area (Å²) in [5, 5.41) is 10.6. The number of halogens is 1. The van der Waals surface area contributed by atoms with Crippen LogP contribution >= 0.6 is 0 Å². The number of hydrogen-bond donors (Lipinski definition) is 1. The predicted octanol–water partition coefficient (Wildman–Crippen LogP) is 2.31. The van der Waals surface area contributed by atoms with Crippen LogP contribution in [0.1, 0.15) is 19.3 Å². The lowest BCUT2D eigenvalue weighted by molar-refractivity contribution is -0.384. The number of hydrogen-bond acceptors (Lipinski definition) is 4. The van der Waals surface area contributed by atoms with E-state index in [4.69, 9.17) is 5.73 Å². The number of nitrogens with two attached hydrogens (primary N) is 1. The monoisotopic (exact) mass is 239 g/mol. The van der Waals surface area contributed by atoms with E-state index in [0.717, 1.165) is 38.4 Å². The van der Waals surface area contributed by atoms with Gasteiger partial charge in [-0.2, -0.15) is 0 Å². The van der Waals surface area contributed by atoms with Gasteiger partial charge in [0.2, 0.25) is 0 Å². The lowest BCUT2D eigenvalue weighted by Gasteiger charge is -2.29. The molecule has 1 aromatic carbocycles. The number of benzene rings is 1.